The minimum atomic E-state index is -0.514. The minimum absolute atomic E-state index is 0.0795. The molecule has 0 unspecified atom stereocenters. The third kappa shape index (κ3) is 4.55. The highest BCUT2D eigenvalue weighted by molar-refractivity contribution is 7.81. The number of thiocarbonyl (C=S) groups is 1. The van der Waals surface area contributed by atoms with Gasteiger partial charge in [-0.05, 0) is 49.3 Å². The molecule has 7 nitrogen and oxygen atoms in total. The van der Waals surface area contributed by atoms with Gasteiger partial charge >= 0.3 is 0 Å². The molecule has 0 atom stereocenters. The van der Waals surface area contributed by atoms with Crippen LogP contribution in [0.3, 0.4) is 0 Å². The Kier molecular flexibility index (Phi) is 5.92. The molecule has 1 amide bonds. The van der Waals surface area contributed by atoms with Gasteiger partial charge in [0.2, 0.25) is 0 Å². The monoisotopic (exact) mass is 402 g/mol. The Morgan fingerprint density at radius 3 is 2.56 bits per heavy atom. The molecule has 1 fully saturated rings. The van der Waals surface area contributed by atoms with Crippen molar-refractivity contribution in [2.45, 2.75) is 17.7 Å². The van der Waals surface area contributed by atoms with Crippen molar-refractivity contribution in [3.63, 3.8) is 0 Å². The lowest BCUT2D eigenvalue weighted by Gasteiger charge is -2.18. The van der Waals surface area contributed by atoms with Gasteiger partial charge < -0.3 is 10.2 Å². The number of nitrogens with one attached hydrogen (secondary N) is 2. The maximum absolute atomic E-state index is 12.4. The number of carbonyl (C=O) groups excluding carboxylic acids is 1. The number of carbonyl (C=O) groups is 1. The van der Waals surface area contributed by atoms with E-state index in [9.17, 15) is 14.9 Å². The fourth-order valence-corrected chi connectivity index (χ4v) is 3.36. The molecule has 3 rings (SSSR count). The van der Waals surface area contributed by atoms with E-state index < -0.39 is 10.8 Å². The lowest BCUT2D eigenvalue weighted by Crippen LogP contribution is -2.34. The van der Waals surface area contributed by atoms with Gasteiger partial charge in [0.15, 0.2) is 5.11 Å². The normalized spacial score (nSPS) is 13.3. The molecule has 1 heterocycles. The summed E-state index contributed by atoms with van der Waals surface area (Å²) < 4.78 is 0. The van der Waals surface area contributed by atoms with E-state index in [4.69, 9.17) is 12.2 Å². The van der Waals surface area contributed by atoms with Crippen molar-refractivity contribution in [1.82, 2.24) is 5.32 Å². The number of hydrogen-bond donors (Lipinski definition) is 3. The topological polar surface area (TPSA) is 87.5 Å². The van der Waals surface area contributed by atoms with Crippen LogP contribution in [0.4, 0.5) is 17.1 Å². The molecular weight excluding hydrogens is 384 g/mol. The second-order valence-electron chi connectivity index (χ2n) is 6.08. The van der Waals surface area contributed by atoms with Gasteiger partial charge in [0.1, 0.15) is 5.69 Å². The maximum atomic E-state index is 12.4. The van der Waals surface area contributed by atoms with Crippen LogP contribution in [0, 0.1) is 10.1 Å². The van der Waals surface area contributed by atoms with Crippen molar-refractivity contribution in [1.29, 1.82) is 0 Å². The summed E-state index contributed by atoms with van der Waals surface area (Å²) in [5, 5.41) is 17.0. The summed E-state index contributed by atoms with van der Waals surface area (Å²) in [5.74, 6) is -0.514. The van der Waals surface area contributed by atoms with Crippen LogP contribution >= 0.6 is 24.8 Å². The van der Waals surface area contributed by atoms with Gasteiger partial charge in [-0.2, -0.15) is 0 Å². The number of rotatable bonds is 4. The number of benzene rings is 2. The van der Waals surface area contributed by atoms with Crippen LogP contribution in [0.25, 0.3) is 0 Å². The molecule has 2 aromatic rings. The third-order valence-corrected chi connectivity index (χ3v) is 4.85. The predicted octanol–water partition coefficient (Wildman–Crippen LogP) is 3.61. The number of amides is 1. The second kappa shape index (κ2) is 8.36. The van der Waals surface area contributed by atoms with E-state index >= 15 is 0 Å². The number of hydrogen-bond acceptors (Lipinski definition) is 6. The Bertz CT molecular complexity index is 898. The molecule has 0 aromatic heterocycles. The molecule has 2 N–H and O–H groups in total. The van der Waals surface area contributed by atoms with Gasteiger partial charge in [-0.3, -0.25) is 20.2 Å². The molecule has 0 bridgehead atoms. The number of nitro benzene ring substituents is 1. The zero-order valence-electron chi connectivity index (χ0n) is 14.3. The van der Waals surface area contributed by atoms with Gasteiger partial charge in [0, 0.05) is 29.6 Å². The van der Waals surface area contributed by atoms with Crippen molar-refractivity contribution < 1.29 is 9.72 Å². The Balaban J connectivity index is 1.74. The van der Waals surface area contributed by atoms with E-state index in [2.05, 4.69) is 23.3 Å². The van der Waals surface area contributed by atoms with Crippen LogP contribution in [-0.4, -0.2) is 29.0 Å². The van der Waals surface area contributed by atoms with Crippen LogP contribution in [-0.2, 0) is 0 Å². The Labute approximate surface area is 167 Å². The average molecular weight is 403 g/mol. The number of nitro groups is 1. The fourth-order valence-electron chi connectivity index (χ4n) is 2.94. The maximum Gasteiger partial charge on any atom is 0.293 e. The van der Waals surface area contributed by atoms with E-state index in [1.165, 1.54) is 6.07 Å². The summed E-state index contributed by atoms with van der Waals surface area (Å²) >= 11 is 9.46. The van der Waals surface area contributed by atoms with E-state index in [1.54, 1.807) is 24.3 Å². The first-order valence-corrected chi connectivity index (χ1v) is 9.25. The van der Waals surface area contributed by atoms with Crippen LogP contribution < -0.4 is 15.5 Å². The molecule has 27 heavy (non-hydrogen) atoms. The largest absolute Gasteiger partial charge is 0.366 e. The molecule has 9 heteroatoms. The van der Waals surface area contributed by atoms with Gasteiger partial charge in [0.25, 0.3) is 11.6 Å². The summed E-state index contributed by atoms with van der Waals surface area (Å²) in [6.45, 7) is 1.56. The van der Waals surface area contributed by atoms with E-state index in [0.717, 1.165) is 25.9 Å². The summed E-state index contributed by atoms with van der Waals surface area (Å²) in [5.41, 5.74) is 1.29. The van der Waals surface area contributed by atoms with Crippen LogP contribution in [0.15, 0.2) is 47.4 Å². The van der Waals surface area contributed by atoms with Gasteiger partial charge in [-0.1, -0.05) is 12.1 Å². The van der Waals surface area contributed by atoms with Gasteiger partial charge in [-0.25, -0.2) is 0 Å². The SMILES string of the molecule is O=C(NC(=S)Nc1ccccc1S)c1ccc(N2CCCC2)c([N+](=O)[O-])c1. The molecule has 1 saturated heterocycles. The fraction of sp³-hybridized carbons (Fsp3) is 0.222. The lowest BCUT2D eigenvalue weighted by atomic mass is 10.1. The van der Waals surface area contributed by atoms with Crippen LogP contribution in [0.1, 0.15) is 23.2 Å². The molecule has 1 aliphatic heterocycles. The first-order valence-electron chi connectivity index (χ1n) is 8.39. The predicted molar refractivity (Wildman–Crippen MR) is 112 cm³/mol. The number of para-hydroxylation sites is 1. The number of anilines is 2. The summed E-state index contributed by atoms with van der Waals surface area (Å²) in [6, 6.07) is 11.7. The summed E-state index contributed by atoms with van der Waals surface area (Å²) in [6.07, 6.45) is 2.01. The van der Waals surface area contributed by atoms with E-state index in [-0.39, 0.29) is 16.4 Å². The van der Waals surface area contributed by atoms with Crippen molar-refractivity contribution in [2.75, 3.05) is 23.3 Å². The van der Waals surface area contributed by atoms with E-state index in [0.29, 0.717) is 16.3 Å². The van der Waals surface area contributed by atoms with Crippen molar-refractivity contribution in [3.05, 3.63) is 58.1 Å². The van der Waals surface area contributed by atoms with Crippen LogP contribution in [0.5, 0.6) is 0 Å². The van der Waals surface area contributed by atoms with Crippen LogP contribution in [0.2, 0.25) is 0 Å². The molecule has 2 aromatic carbocycles. The smallest absolute Gasteiger partial charge is 0.293 e. The van der Waals surface area contributed by atoms with Gasteiger partial charge in [-0.15, -0.1) is 12.6 Å². The highest BCUT2D eigenvalue weighted by Crippen LogP contribution is 2.31. The van der Waals surface area contributed by atoms with Gasteiger partial charge in [0.05, 0.1) is 10.6 Å². The van der Waals surface area contributed by atoms with Crippen molar-refractivity contribution in [2.24, 2.45) is 0 Å². The third-order valence-electron chi connectivity index (χ3n) is 4.26. The Hall–Kier alpha value is -2.65. The Morgan fingerprint density at radius 1 is 1.19 bits per heavy atom. The molecule has 0 saturated carbocycles. The second-order valence-corrected chi connectivity index (χ2v) is 6.97. The standard InChI is InChI=1S/C18H18N4O3S2/c23-17(20-18(27)19-13-5-1-2-6-16(13)26)12-7-8-14(15(11-12)22(24)25)21-9-3-4-10-21/h1-2,5-8,11,26H,3-4,9-10H2,(H2,19,20,23,27). The summed E-state index contributed by atoms with van der Waals surface area (Å²) in [7, 11) is 0. The quantitative estimate of drug-likeness (QED) is 0.313. The lowest BCUT2D eigenvalue weighted by molar-refractivity contribution is -0.384. The van der Waals surface area contributed by atoms with Crippen molar-refractivity contribution in [3.8, 4) is 0 Å². The van der Waals surface area contributed by atoms with Crippen molar-refractivity contribution >= 4 is 52.9 Å². The highest BCUT2D eigenvalue weighted by Gasteiger charge is 2.24. The number of nitrogens with zero attached hydrogens (tertiary/aromatic N) is 2. The first-order chi connectivity index (χ1) is 13.0. The first kappa shape index (κ1) is 19.1. The summed E-state index contributed by atoms with van der Waals surface area (Å²) in [4.78, 5) is 26.1. The molecule has 140 valence electrons. The molecule has 0 radical (unpaired) electrons. The minimum Gasteiger partial charge on any atom is -0.366 e. The highest BCUT2D eigenvalue weighted by atomic mass is 32.1. The van der Waals surface area contributed by atoms with E-state index in [1.807, 2.05) is 17.0 Å². The Morgan fingerprint density at radius 2 is 1.89 bits per heavy atom. The molecular formula is C18H18N4O3S2. The zero-order chi connectivity index (χ0) is 19.4. The zero-order valence-corrected chi connectivity index (χ0v) is 16.1. The molecule has 0 aliphatic carbocycles. The molecule has 0 spiro atoms. The average Bonchev–Trinajstić information content (AvgIpc) is 3.17. The molecule has 1 aliphatic rings. The number of thiol groups is 1.